The van der Waals surface area contributed by atoms with Crippen LogP contribution in [-0.4, -0.2) is 54.0 Å². The van der Waals surface area contributed by atoms with Crippen molar-refractivity contribution in [1.29, 1.82) is 0 Å². The van der Waals surface area contributed by atoms with Crippen molar-refractivity contribution < 1.29 is 4.79 Å². The molecule has 2 N–H and O–H groups in total. The molecular weight excluding hydrogens is 238 g/mol. The van der Waals surface area contributed by atoms with Gasteiger partial charge in [0.25, 0.3) is 0 Å². The lowest BCUT2D eigenvalue weighted by molar-refractivity contribution is -0.139. The quantitative estimate of drug-likeness (QED) is 0.838. The maximum atomic E-state index is 12.5. The summed E-state index contributed by atoms with van der Waals surface area (Å²) in [6.45, 7) is 8.13. The number of fused-ring (bicyclic) bond motifs is 1. The molecule has 2 heterocycles. The third-order valence-electron chi connectivity index (χ3n) is 4.88. The Morgan fingerprint density at radius 3 is 2.84 bits per heavy atom. The lowest BCUT2D eigenvalue weighted by Gasteiger charge is -2.47. The summed E-state index contributed by atoms with van der Waals surface area (Å²) in [5, 5.41) is 0. The molecule has 19 heavy (non-hydrogen) atoms. The van der Waals surface area contributed by atoms with E-state index in [1.54, 1.807) is 0 Å². The summed E-state index contributed by atoms with van der Waals surface area (Å²) >= 11 is 0. The number of rotatable bonds is 4. The SMILES string of the molecule is CCC(CN)CC(=O)N1CC2CCCCN2CC1C. The zero-order chi connectivity index (χ0) is 13.8. The molecule has 2 saturated heterocycles. The van der Waals surface area contributed by atoms with Gasteiger partial charge in [0.15, 0.2) is 0 Å². The summed E-state index contributed by atoms with van der Waals surface area (Å²) in [7, 11) is 0. The monoisotopic (exact) mass is 267 g/mol. The van der Waals surface area contributed by atoms with Crippen LogP contribution in [0.25, 0.3) is 0 Å². The summed E-state index contributed by atoms with van der Waals surface area (Å²) in [6, 6.07) is 0.962. The number of nitrogens with two attached hydrogens (primary N) is 1. The van der Waals surface area contributed by atoms with Crippen molar-refractivity contribution in [2.45, 2.75) is 58.0 Å². The highest BCUT2D eigenvalue weighted by Gasteiger charge is 2.35. The molecule has 0 spiro atoms. The number of piperazine rings is 1. The van der Waals surface area contributed by atoms with E-state index in [4.69, 9.17) is 5.73 Å². The van der Waals surface area contributed by atoms with E-state index in [2.05, 4.69) is 23.6 Å². The first kappa shape index (κ1) is 14.8. The third-order valence-corrected chi connectivity index (χ3v) is 4.88. The molecule has 3 atom stereocenters. The molecule has 3 unspecified atom stereocenters. The van der Waals surface area contributed by atoms with Gasteiger partial charge in [-0.05, 0) is 38.8 Å². The van der Waals surface area contributed by atoms with E-state index in [1.807, 2.05) is 0 Å². The van der Waals surface area contributed by atoms with Crippen LogP contribution < -0.4 is 5.73 Å². The van der Waals surface area contributed by atoms with Crippen molar-refractivity contribution in [3.05, 3.63) is 0 Å². The Labute approximate surface area is 117 Å². The number of hydrogen-bond acceptors (Lipinski definition) is 3. The van der Waals surface area contributed by atoms with E-state index < -0.39 is 0 Å². The Hall–Kier alpha value is -0.610. The van der Waals surface area contributed by atoms with Gasteiger partial charge in [-0.3, -0.25) is 9.69 Å². The summed E-state index contributed by atoms with van der Waals surface area (Å²) in [4.78, 5) is 17.2. The second-order valence-electron chi connectivity index (χ2n) is 6.25. The van der Waals surface area contributed by atoms with E-state index in [-0.39, 0.29) is 0 Å². The van der Waals surface area contributed by atoms with Crippen molar-refractivity contribution in [2.24, 2.45) is 11.7 Å². The van der Waals surface area contributed by atoms with Crippen molar-refractivity contribution >= 4 is 5.91 Å². The minimum absolute atomic E-state index is 0.315. The van der Waals surface area contributed by atoms with Gasteiger partial charge in [-0.25, -0.2) is 0 Å². The molecule has 2 fully saturated rings. The molecular formula is C15H29N3O. The summed E-state index contributed by atoms with van der Waals surface area (Å²) in [5.74, 6) is 0.666. The molecule has 0 aliphatic carbocycles. The summed E-state index contributed by atoms with van der Waals surface area (Å²) in [6.07, 6.45) is 5.52. The van der Waals surface area contributed by atoms with Gasteiger partial charge in [-0.2, -0.15) is 0 Å². The first-order valence-electron chi connectivity index (χ1n) is 7.89. The smallest absolute Gasteiger partial charge is 0.223 e. The largest absolute Gasteiger partial charge is 0.337 e. The highest BCUT2D eigenvalue weighted by Crippen LogP contribution is 2.25. The fourth-order valence-corrected chi connectivity index (χ4v) is 3.46. The normalized spacial score (nSPS) is 29.9. The first-order chi connectivity index (χ1) is 9.15. The third kappa shape index (κ3) is 3.48. The van der Waals surface area contributed by atoms with Gasteiger partial charge in [0.2, 0.25) is 5.91 Å². The van der Waals surface area contributed by atoms with Gasteiger partial charge in [-0.1, -0.05) is 19.8 Å². The van der Waals surface area contributed by atoms with Crippen molar-refractivity contribution in [3.63, 3.8) is 0 Å². The Morgan fingerprint density at radius 2 is 2.16 bits per heavy atom. The molecule has 0 radical (unpaired) electrons. The van der Waals surface area contributed by atoms with Gasteiger partial charge in [0.05, 0.1) is 0 Å². The molecule has 1 amide bonds. The van der Waals surface area contributed by atoms with Crippen molar-refractivity contribution in [1.82, 2.24) is 9.80 Å². The predicted octanol–water partition coefficient (Wildman–Crippen LogP) is 1.45. The Morgan fingerprint density at radius 1 is 1.37 bits per heavy atom. The summed E-state index contributed by atoms with van der Waals surface area (Å²) in [5.41, 5.74) is 5.72. The average molecular weight is 267 g/mol. The van der Waals surface area contributed by atoms with Crippen molar-refractivity contribution in [2.75, 3.05) is 26.2 Å². The molecule has 2 aliphatic heterocycles. The molecule has 0 aromatic rings. The van der Waals surface area contributed by atoms with E-state index in [0.29, 0.717) is 36.9 Å². The standard InChI is InChI=1S/C15H29N3O/c1-3-13(9-16)8-15(19)18-11-14-6-4-5-7-17(14)10-12(18)2/h12-14H,3-11,16H2,1-2H3. The lowest BCUT2D eigenvalue weighted by atomic mass is 9.95. The molecule has 0 bridgehead atoms. The van der Waals surface area contributed by atoms with Gasteiger partial charge >= 0.3 is 0 Å². The van der Waals surface area contributed by atoms with E-state index in [1.165, 1.54) is 25.8 Å². The fourth-order valence-electron chi connectivity index (χ4n) is 3.46. The summed E-state index contributed by atoms with van der Waals surface area (Å²) < 4.78 is 0. The van der Waals surface area contributed by atoms with E-state index in [9.17, 15) is 4.79 Å². The predicted molar refractivity (Wildman–Crippen MR) is 77.8 cm³/mol. The van der Waals surface area contributed by atoms with Crippen LogP contribution in [0.1, 0.15) is 46.0 Å². The lowest BCUT2D eigenvalue weighted by Crippen LogP contribution is -2.60. The highest BCUT2D eigenvalue weighted by molar-refractivity contribution is 5.77. The van der Waals surface area contributed by atoms with E-state index in [0.717, 1.165) is 19.5 Å². The Bertz CT molecular complexity index is 304. The molecule has 0 aromatic carbocycles. The van der Waals surface area contributed by atoms with E-state index >= 15 is 0 Å². The maximum Gasteiger partial charge on any atom is 0.223 e. The van der Waals surface area contributed by atoms with Crippen LogP contribution in [0, 0.1) is 5.92 Å². The molecule has 0 aromatic heterocycles. The number of hydrogen-bond donors (Lipinski definition) is 1. The van der Waals surface area contributed by atoms with Gasteiger partial charge in [-0.15, -0.1) is 0 Å². The van der Waals surface area contributed by atoms with Crippen LogP contribution in [0.3, 0.4) is 0 Å². The van der Waals surface area contributed by atoms with Gasteiger partial charge < -0.3 is 10.6 Å². The van der Waals surface area contributed by atoms with Gasteiger partial charge in [0, 0.05) is 31.6 Å². The molecule has 110 valence electrons. The van der Waals surface area contributed by atoms with Crippen LogP contribution in [0.5, 0.6) is 0 Å². The van der Waals surface area contributed by atoms with Gasteiger partial charge in [0.1, 0.15) is 0 Å². The second-order valence-corrected chi connectivity index (χ2v) is 6.25. The average Bonchev–Trinajstić information content (AvgIpc) is 2.43. The Balaban J connectivity index is 1.93. The van der Waals surface area contributed by atoms with Crippen LogP contribution >= 0.6 is 0 Å². The number of nitrogens with zero attached hydrogens (tertiary/aromatic N) is 2. The van der Waals surface area contributed by atoms with Crippen molar-refractivity contribution in [3.8, 4) is 0 Å². The topological polar surface area (TPSA) is 49.6 Å². The zero-order valence-electron chi connectivity index (χ0n) is 12.5. The second kappa shape index (κ2) is 6.71. The molecule has 4 heteroatoms. The first-order valence-corrected chi connectivity index (χ1v) is 7.89. The zero-order valence-corrected chi connectivity index (χ0v) is 12.5. The maximum absolute atomic E-state index is 12.5. The minimum atomic E-state index is 0.315. The number of piperidine rings is 1. The fraction of sp³-hybridized carbons (Fsp3) is 0.933. The molecule has 2 aliphatic rings. The van der Waals surface area contributed by atoms with Crippen LogP contribution in [-0.2, 0) is 4.79 Å². The van der Waals surface area contributed by atoms with Crippen LogP contribution in [0.4, 0.5) is 0 Å². The number of amides is 1. The molecule has 0 saturated carbocycles. The highest BCUT2D eigenvalue weighted by atomic mass is 16.2. The Kier molecular flexibility index (Phi) is 5.22. The molecule has 2 rings (SSSR count). The van der Waals surface area contributed by atoms with Crippen LogP contribution in [0.15, 0.2) is 0 Å². The number of carbonyl (C=O) groups excluding carboxylic acids is 1. The molecule has 4 nitrogen and oxygen atoms in total. The van der Waals surface area contributed by atoms with Crippen LogP contribution in [0.2, 0.25) is 0 Å². The minimum Gasteiger partial charge on any atom is -0.337 e. The number of carbonyl (C=O) groups is 1.